The minimum Gasteiger partial charge on any atom is -0.497 e. The third-order valence-corrected chi connectivity index (χ3v) is 7.89. The first-order chi connectivity index (χ1) is 14.4. The van der Waals surface area contributed by atoms with E-state index in [9.17, 15) is 13.2 Å². The Morgan fingerprint density at radius 1 is 1.10 bits per heavy atom. The highest BCUT2D eigenvalue weighted by molar-refractivity contribution is 7.93. The van der Waals surface area contributed by atoms with Gasteiger partial charge in [-0.15, -0.1) is 11.3 Å². The van der Waals surface area contributed by atoms with Crippen LogP contribution >= 0.6 is 11.3 Å². The van der Waals surface area contributed by atoms with Gasteiger partial charge in [-0.3, -0.25) is 4.72 Å². The zero-order valence-corrected chi connectivity index (χ0v) is 18.5. The summed E-state index contributed by atoms with van der Waals surface area (Å²) in [5, 5.41) is 2.01. The smallest absolute Gasteiger partial charge is 0.341 e. The monoisotopic (exact) mass is 445 g/mol. The van der Waals surface area contributed by atoms with E-state index in [4.69, 9.17) is 9.47 Å². The Morgan fingerprint density at radius 3 is 2.60 bits per heavy atom. The van der Waals surface area contributed by atoms with E-state index in [0.29, 0.717) is 16.3 Å². The summed E-state index contributed by atoms with van der Waals surface area (Å²) in [6.07, 6.45) is 3.64. The minimum absolute atomic E-state index is 0.140. The molecule has 0 saturated heterocycles. The predicted octanol–water partition coefficient (Wildman–Crippen LogP) is 4.77. The maximum atomic E-state index is 13.1. The molecule has 8 heteroatoms. The van der Waals surface area contributed by atoms with Crippen LogP contribution in [-0.2, 0) is 27.6 Å². The van der Waals surface area contributed by atoms with Crippen LogP contribution in [0.4, 0.5) is 5.00 Å². The molecule has 0 unspecified atom stereocenters. The Balaban J connectivity index is 1.72. The predicted molar refractivity (Wildman–Crippen MR) is 118 cm³/mol. The number of benzene rings is 2. The molecule has 0 aliphatic heterocycles. The third-order valence-electron chi connectivity index (χ3n) is 5.21. The normalized spacial score (nSPS) is 13.7. The lowest BCUT2D eigenvalue weighted by atomic mass is 9.95. The average molecular weight is 446 g/mol. The number of thiophene rings is 1. The first-order valence-corrected chi connectivity index (χ1v) is 12.1. The second-order valence-electron chi connectivity index (χ2n) is 7.12. The van der Waals surface area contributed by atoms with Crippen molar-refractivity contribution in [2.45, 2.75) is 37.5 Å². The van der Waals surface area contributed by atoms with Crippen molar-refractivity contribution in [3.05, 3.63) is 52.4 Å². The second kappa shape index (κ2) is 8.28. The number of methoxy groups -OCH3 is 1. The Kier molecular flexibility index (Phi) is 5.71. The average Bonchev–Trinajstić information content (AvgIpc) is 3.10. The molecule has 0 saturated carbocycles. The second-order valence-corrected chi connectivity index (χ2v) is 9.90. The number of hydrogen-bond acceptors (Lipinski definition) is 6. The number of ether oxygens (including phenoxy) is 2. The molecule has 0 bridgehead atoms. The molecule has 0 fully saturated rings. The number of hydrogen-bond donors (Lipinski definition) is 1. The molecule has 0 atom stereocenters. The molecular weight excluding hydrogens is 422 g/mol. The minimum atomic E-state index is -3.87. The van der Waals surface area contributed by atoms with Crippen LogP contribution < -0.4 is 9.46 Å². The van der Waals surface area contributed by atoms with Crippen molar-refractivity contribution >= 4 is 43.1 Å². The molecule has 4 rings (SSSR count). The van der Waals surface area contributed by atoms with Crippen molar-refractivity contribution in [2.24, 2.45) is 0 Å². The van der Waals surface area contributed by atoms with Crippen LogP contribution in [-0.4, -0.2) is 28.1 Å². The standard InChI is InChI=1S/C22H23NO5S2/c1-3-28-22(24)20-18-6-4-5-7-19(18)29-21(20)23-30(25,26)17-11-9-14-12-16(27-2)10-8-15(14)13-17/h8-13,23H,3-7H2,1-2H3. The zero-order chi connectivity index (χ0) is 21.3. The molecule has 6 nitrogen and oxygen atoms in total. The number of anilines is 1. The number of nitrogens with one attached hydrogen (secondary N) is 1. The molecule has 30 heavy (non-hydrogen) atoms. The van der Waals surface area contributed by atoms with Crippen LogP contribution in [0.5, 0.6) is 5.75 Å². The van der Waals surface area contributed by atoms with Crippen LogP contribution in [0.1, 0.15) is 40.6 Å². The fourth-order valence-electron chi connectivity index (χ4n) is 3.73. The Bertz CT molecular complexity index is 1210. The van der Waals surface area contributed by atoms with Crippen molar-refractivity contribution in [3.8, 4) is 5.75 Å². The van der Waals surface area contributed by atoms with Crippen molar-refractivity contribution in [2.75, 3.05) is 18.4 Å². The first-order valence-electron chi connectivity index (χ1n) is 9.85. The maximum absolute atomic E-state index is 13.1. The number of aryl methyl sites for hydroxylation is 1. The van der Waals surface area contributed by atoms with Gasteiger partial charge < -0.3 is 9.47 Å². The summed E-state index contributed by atoms with van der Waals surface area (Å²) >= 11 is 1.34. The largest absolute Gasteiger partial charge is 0.497 e. The van der Waals surface area contributed by atoms with Crippen LogP contribution in [0.25, 0.3) is 10.8 Å². The highest BCUT2D eigenvalue weighted by atomic mass is 32.2. The summed E-state index contributed by atoms with van der Waals surface area (Å²) in [5.41, 5.74) is 1.29. The van der Waals surface area contributed by atoms with Gasteiger partial charge in [-0.25, -0.2) is 13.2 Å². The topological polar surface area (TPSA) is 81.7 Å². The molecule has 1 heterocycles. The van der Waals surface area contributed by atoms with E-state index in [0.717, 1.165) is 46.9 Å². The molecule has 0 amide bonds. The summed E-state index contributed by atoms with van der Waals surface area (Å²) in [5.74, 6) is 0.236. The third kappa shape index (κ3) is 3.89. The van der Waals surface area contributed by atoms with Gasteiger partial charge in [0.05, 0.1) is 24.2 Å². The van der Waals surface area contributed by atoms with Gasteiger partial charge in [-0.2, -0.15) is 0 Å². The van der Waals surface area contributed by atoms with Crippen LogP contribution in [0.15, 0.2) is 41.3 Å². The van der Waals surface area contributed by atoms with E-state index in [2.05, 4.69) is 4.72 Å². The number of fused-ring (bicyclic) bond motifs is 2. The molecule has 2 aromatic carbocycles. The summed E-state index contributed by atoms with van der Waals surface area (Å²) in [6, 6.07) is 10.4. The van der Waals surface area contributed by atoms with Gasteiger partial charge in [0, 0.05) is 4.88 Å². The number of carbonyl (C=O) groups excluding carboxylic acids is 1. The fraction of sp³-hybridized carbons (Fsp3) is 0.318. The van der Waals surface area contributed by atoms with Gasteiger partial charge in [0.25, 0.3) is 10.0 Å². The summed E-state index contributed by atoms with van der Waals surface area (Å²) in [7, 11) is -2.28. The fourth-order valence-corrected chi connectivity index (χ4v) is 6.35. The van der Waals surface area contributed by atoms with Crippen LogP contribution in [0.2, 0.25) is 0 Å². The number of esters is 1. The highest BCUT2D eigenvalue weighted by Crippen LogP contribution is 2.39. The van der Waals surface area contributed by atoms with E-state index in [-0.39, 0.29) is 11.5 Å². The van der Waals surface area contributed by atoms with E-state index >= 15 is 0 Å². The number of carbonyl (C=O) groups is 1. The van der Waals surface area contributed by atoms with E-state index in [1.54, 1.807) is 38.3 Å². The molecule has 1 aliphatic rings. The van der Waals surface area contributed by atoms with E-state index < -0.39 is 16.0 Å². The Hall–Kier alpha value is -2.58. The van der Waals surface area contributed by atoms with E-state index in [1.807, 2.05) is 12.1 Å². The first kappa shape index (κ1) is 20.7. The Labute approximate surface area is 179 Å². The summed E-state index contributed by atoms with van der Waals surface area (Å²) in [4.78, 5) is 13.8. The molecule has 1 N–H and O–H groups in total. The van der Waals surface area contributed by atoms with Gasteiger partial charge >= 0.3 is 5.97 Å². The number of rotatable bonds is 6. The Morgan fingerprint density at radius 2 is 1.83 bits per heavy atom. The molecule has 0 spiro atoms. The van der Waals surface area contributed by atoms with Crippen LogP contribution in [0.3, 0.4) is 0 Å². The molecule has 1 aliphatic carbocycles. The van der Waals surface area contributed by atoms with Crippen LogP contribution in [0, 0.1) is 0 Å². The lowest BCUT2D eigenvalue weighted by Crippen LogP contribution is -2.16. The van der Waals surface area contributed by atoms with Gasteiger partial charge in [0.15, 0.2) is 0 Å². The van der Waals surface area contributed by atoms with Crippen molar-refractivity contribution < 1.29 is 22.7 Å². The zero-order valence-electron chi connectivity index (χ0n) is 16.9. The van der Waals surface area contributed by atoms with Gasteiger partial charge in [0.1, 0.15) is 10.8 Å². The van der Waals surface area contributed by atoms with Gasteiger partial charge in [-0.1, -0.05) is 12.1 Å². The van der Waals surface area contributed by atoms with Crippen molar-refractivity contribution in [1.82, 2.24) is 0 Å². The maximum Gasteiger partial charge on any atom is 0.341 e. The molecular formula is C22H23NO5S2. The molecule has 0 radical (unpaired) electrons. The lowest BCUT2D eigenvalue weighted by molar-refractivity contribution is 0.0526. The van der Waals surface area contributed by atoms with Gasteiger partial charge in [-0.05, 0) is 73.2 Å². The van der Waals surface area contributed by atoms with Crippen molar-refractivity contribution in [1.29, 1.82) is 0 Å². The molecule has 1 aromatic heterocycles. The summed E-state index contributed by atoms with van der Waals surface area (Å²) in [6.45, 7) is 1.98. The van der Waals surface area contributed by atoms with E-state index in [1.165, 1.54) is 11.3 Å². The molecule has 3 aromatic rings. The quantitative estimate of drug-likeness (QED) is 0.553. The highest BCUT2D eigenvalue weighted by Gasteiger charge is 2.29. The number of sulfonamides is 1. The molecule has 158 valence electrons. The SMILES string of the molecule is CCOC(=O)c1c(NS(=O)(=O)c2ccc3cc(OC)ccc3c2)sc2c1CCCC2. The summed E-state index contributed by atoms with van der Waals surface area (Å²) < 4.78 is 39.4. The van der Waals surface area contributed by atoms with Gasteiger partial charge in [0.2, 0.25) is 0 Å². The lowest BCUT2D eigenvalue weighted by Gasteiger charge is -2.13. The van der Waals surface area contributed by atoms with Crippen molar-refractivity contribution in [3.63, 3.8) is 0 Å².